The molecule has 0 unspecified atom stereocenters. The van der Waals surface area contributed by atoms with Gasteiger partial charge in [-0.3, -0.25) is 4.99 Å². The van der Waals surface area contributed by atoms with Gasteiger partial charge in [-0.2, -0.15) is 8.78 Å². The van der Waals surface area contributed by atoms with E-state index in [1.54, 1.807) is 0 Å². The van der Waals surface area contributed by atoms with E-state index in [0.29, 0.717) is 0 Å². The number of alkyl halides is 4. The highest BCUT2D eigenvalue weighted by molar-refractivity contribution is 5.87. The predicted molar refractivity (Wildman–Crippen MR) is 37.7 cm³/mol. The standard InChI is InChI=1S/C6H10F4N2/c1-3(2)12-5(11)6(9,10)4(7)8/h3-4H,1-2H3,(H2,11,12). The number of amidine groups is 1. The van der Waals surface area contributed by atoms with E-state index in [1.165, 1.54) is 13.8 Å². The molecule has 0 aromatic heterocycles. The molecule has 0 heterocycles. The van der Waals surface area contributed by atoms with Gasteiger partial charge in [0.1, 0.15) is 0 Å². The van der Waals surface area contributed by atoms with Gasteiger partial charge in [0.05, 0.1) is 0 Å². The lowest BCUT2D eigenvalue weighted by Gasteiger charge is -2.14. The Balaban J connectivity index is 4.56. The predicted octanol–water partition coefficient (Wildman–Crippen LogP) is 1.65. The first-order valence-corrected chi connectivity index (χ1v) is 3.28. The Morgan fingerprint density at radius 2 is 1.75 bits per heavy atom. The van der Waals surface area contributed by atoms with Crippen LogP contribution in [0.2, 0.25) is 0 Å². The maximum atomic E-state index is 12.3. The van der Waals surface area contributed by atoms with Crippen LogP contribution in [-0.4, -0.2) is 24.2 Å². The molecule has 0 aromatic carbocycles. The molecule has 0 aliphatic heterocycles. The summed E-state index contributed by atoms with van der Waals surface area (Å²) < 4.78 is 47.8. The van der Waals surface area contributed by atoms with Crippen molar-refractivity contribution in [1.82, 2.24) is 0 Å². The van der Waals surface area contributed by atoms with Crippen molar-refractivity contribution in [3.63, 3.8) is 0 Å². The van der Waals surface area contributed by atoms with Crippen molar-refractivity contribution >= 4 is 5.84 Å². The SMILES string of the molecule is CC(C)N=C(N)C(F)(F)C(F)F. The maximum absolute atomic E-state index is 12.3. The van der Waals surface area contributed by atoms with Crippen molar-refractivity contribution in [3.8, 4) is 0 Å². The Hall–Kier alpha value is -0.810. The summed E-state index contributed by atoms with van der Waals surface area (Å²) in [5.74, 6) is -5.63. The summed E-state index contributed by atoms with van der Waals surface area (Å²) in [7, 11) is 0. The van der Waals surface area contributed by atoms with Gasteiger partial charge in [-0.1, -0.05) is 0 Å². The van der Waals surface area contributed by atoms with Crippen LogP contribution in [0.5, 0.6) is 0 Å². The molecule has 0 aliphatic rings. The molecule has 0 aliphatic carbocycles. The van der Waals surface area contributed by atoms with E-state index in [4.69, 9.17) is 0 Å². The lowest BCUT2D eigenvalue weighted by molar-refractivity contribution is -0.0759. The van der Waals surface area contributed by atoms with Crippen molar-refractivity contribution in [1.29, 1.82) is 0 Å². The molecule has 72 valence electrons. The van der Waals surface area contributed by atoms with Crippen LogP contribution in [0.3, 0.4) is 0 Å². The van der Waals surface area contributed by atoms with Crippen LogP contribution in [0.4, 0.5) is 17.6 Å². The number of nitrogens with zero attached hydrogens (tertiary/aromatic N) is 1. The maximum Gasteiger partial charge on any atom is 0.362 e. The largest absolute Gasteiger partial charge is 0.382 e. The van der Waals surface area contributed by atoms with E-state index in [9.17, 15) is 17.6 Å². The quantitative estimate of drug-likeness (QED) is 0.406. The Labute approximate surface area is 67.5 Å². The van der Waals surface area contributed by atoms with Gasteiger partial charge in [0.2, 0.25) is 0 Å². The monoisotopic (exact) mass is 186 g/mol. The summed E-state index contributed by atoms with van der Waals surface area (Å²) >= 11 is 0. The van der Waals surface area contributed by atoms with E-state index < -0.39 is 24.2 Å². The van der Waals surface area contributed by atoms with Crippen LogP contribution >= 0.6 is 0 Å². The number of rotatable bonds is 3. The molecular weight excluding hydrogens is 176 g/mol. The molecule has 12 heavy (non-hydrogen) atoms. The van der Waals surface area contributed by atoms with Gasteiger partial charge in [0, 0.05) is 6.04 Å². The molecule has 6 heteroatoms. The smallest absolute Gasteiger partial charge is 0.362 e. The van der Waals surface area contributed by atoms with Crippen molar-refractivity contribution in [2.75, 3.05) is 0 Å². The summed E-state index contributed by atoms with van der Waals surface area (Å²) in [6.07, 6.45) is -3.81. The van der Waals surface area contributed by atoms with Crippen molar-refractivity contribution in [3.05, 3.63) is 0 Å². The first-order chi connectivity index (χ1) is 5.28. The number of halogens is 4. The summed E-state index contributed by atoms with van der Waals surface area (Å²) in [5.41, 5.74) is 4.67. The van der Waals surface area contributed by atoms with Crippen molar-refractivity contribution in [2.45, 2.75) is 32.2 Å². The molecule has 0 aromatic rings. The minimum absolute atomic E-state index is 0.519. The summed E-state index contributed by atoms with van der Waals surface area (Å²) in [6.45, 7) is 2.93. The van der Waals surface area contributed by atoms with Crippen LogP contribution in [0.1, 0.15) is 13.8 Å². The van der Waals surface area contributed by atoms with Crippen LogP contribution < -0.4 is 5.73 Å². The Morgan fingerprint density at radius 1 is 1.33 bits per heavy atom. The lowest BCUT2D eigenvalue weighted by Crippen LogP contribution is -2.42. The second kappa shape index (κ2) is 3.73. The molecule has 0 bridgehead atoms. The van der Waals surface area contributed by atoms with Gasteiger partial charge in [0.15, 0.2) is 5.84 Å². The fraction of sp³-hybridized carbons (Fsp3) is 0.833. The molecule has 2 nitrogen and oxygen atoms in total. The van der Waals surface area contributed by atoms with Crippen LogP contribution in [0, 0.1) is 0 Å². The first kappa shape index (κ1) is 11.2. The van der Waals surface area contributed by atoms with Gasteiger partial charge in [-0.05, 0) is 13.8 Å². The van der Waals surface area contributed by atoms with Crippen LogP contribution in [0.15, 0.2) is 4.99 Å². The third-order valence-corrected chi connectivity index (χ3v) is 1.01. The number of hydrogen-bond donors (Lipinski definition) is 1. The fourth-order valence-corrected chi connectivity index (χ4v) is 0.476. The second-order valence-corrected chi connectivity index (χ2v) is 2.53. The fourth-order valence-electron chi connectivity index (χ4n) is 0.476. The Bertz CT molecular complexity index is 176. The first-order valence-electron chi connectivity index (χ1n) is 3.28. The average Bonchev–Trinajstić information content (AvgIpc) is 1.85. The van der Waals surface area contributed by atoms with Crippen molar-refractivity contribution < 1.29 is 17.6 Å². The van der Waals surface area contributed by atoms with Gasteiger partial charge < -0.3 is 5.73 Å². The third kappa shape index (κ3) is 2.67. The number of nitrogens with two attached hydrogens (primary N) is 1. The molecule has 0 saturated carbocycles. The minimum atomic E-state index is -4.32. The third-order valence-electron chi connectivity index (χ3n) is 1.01. The summed E-state index contributed by atoms with van der Waals surface area (Å²) in [4.78, 5) is 3.13. The zero-order valence-electron chi connectivity index (χ0n) is 6.69. The van der Waals surface area contributed by atoms with Gasteiger partial charge in [-0.15, -0.1) is 0 Å². The lowest BCUT2D eigenvalue weighted by atomic mass is 10.3. The molecule has 0 saturated heterocycles. The van der Waals surface area contributed by atoms with Gasteiger partial charge in [-0.25, -0.2) is 8.78 Å². The molecule has 0 rings (SSSR count). The summed E-state index contributed by atoms with van der Waals surface area (Å²) in [6, 6.07) is -0.519. The average molecular weight is 186 g/mol. The Morgan fingerprint density at radius 3 is 2.00 bits per heavy atom. The van der Waals surface area contributed by atoms with E-state index in [-0.39, 0.29) is 0 Å². The normalized spacial score (nSPS) is 14.5. The number of aliphatic imine (C=N–C) groups is 1. The van der Waals surface area contributed by atoms with E-state index in [0.717, 1.165) is 0 Å². The van der Waals surface area contributed by atoms with Gasteiger partial charge >= 0.3 is 12.3 Å². The molecule has 0 amide bonds. The molecule has 0 radical (unpaired) electrons. The zero-order chi connectivity index (χ0) is 9.94. The van der Waals surface area contributed by atoms with Crippen LogP contribution in [-0.2, 0) is 0 Å². The Kier molecular flexibility index (Phi) is 3.48. The van der Waals surface area contributed by atoms with E-state index in [2.05, 4.69) is 10.7 Å². The molecule has 0 fully saturated rings. The van der Waals surface area contributed by atoms with Gasteiger partial charge in [0.25, 0.3) is 0 Å². The molecule has 0 atom stereocenters. The molecule has 2 N–H and O–H groups in total. The highest BCUT2D eigenvalue weighted by Gasteiger charge is 2.45. The highest BCUT2D eigenvalue weighted by Crippen LogP contribution is 2.22. The zero-order valence-corrected chi connectivity index (χ0v) is 6.69. The molecule has 0 spiro atoms. The van der Waals surface area contributed by atoms with Crippen LogP contribution in [0.25, 0.3) is 0 Å². The number of hydrogen-bond acceptors (Lipinski definition) is 1. The summed E-state index contributed by atoms with van der Waals surface area (Å²) in [5, 5.41) is 0. The minimum Gasteiger partial charge on any atom is -0.382 e. The second-order valence-electron chi connectivity index (χ2n) is 2.53. The van der Waals surface area contributed by atoms with Crippen molar-refractivity contribution in [2.24, 2.45) is 10.7 Å². The van der Waals surface area contributed by atoms with E-state index in [1.807, 2.05) is 0 Å². The molecular formula is C6H10F4N2. The highest BCUT2D eigenvalue weighted by atomic mass is 19.3. The van der Waals surface area contributed by atoms with E-state index >= 15 is 0 Å². The topological polar surface area (TPSA) is 38.4 Å².